The summed E-state index contributed by atoms with van der Waals surface area (Å²) >= 11 is 0. The summed E-state index contributed by atoms with van der Waals surface area (Å²) in [5, 5.41) is 0. The molecule has 4 heteroatoms. The number of carbonyl (C=O) groups is 2. The van der Waals surface area contributed by atoms with E-state index in [1.54, 1.807) is 0 Å². The van der Waals surface area contributed by atoms with Crippen LogP contribution in [-0.4, -0.2) is 46.3 Å². The predicted molar refractivity (Wildman–Crippen MR) is 99.2 cm³/mol. The summed E-state index contributed by atoms with van der Waals surface area (Å²) in [6.07, 6.45) is 3.18. The van der Waals surface area contributed by atoms with Crippen molar-refractivity contribution >= 4 is 11.8 Å². The fraction of sp³-hybridized carbons (Fsp3) is 0.619. The molecule has 136 valence electrons. The highest BCUT2D eigenvalue weighted by Crippen LogP contribution is 2.30. The summed E-state index contributed by atoms with van der Waals surface area (Å²) in [5.74, 6) is 0.0822. The number of hydrogen-bond donors (Lipinski definition) is 0. The van der Waals surface area contributed by atoms with Gasteiger partial charge in [0.1, 0.15) is 0 Å². The molecule has 4 nitrogen and oxygen atoms in total. The summed E-state index contributed by atoms with van der Waals surface area (Å²) < 4.78 is 0. The van der Waals surface area contributed by atoms with Gasteiger partial charge in [-0.05, 0) is 51.2 Å². The molecule has 2 amide bonds. The Hall–Kier alpha value is -1.84. The molecule has 1 fully saturated rings. The fourth-order valence-electron chi connectivity index (χ4n) is 4.23. The minimum atomic E-state index is -0.217. The van der Waals surface area contributed by atoms with Gasteiger partial charge in [-0.25, -0.2) is 0 Å². The van der Waals surface area contributed by atoms with E-state index in [1.165, 1.54) is 11.1 Å². The molecule has 1 aromatic carbocycles. The minimum absolute atomic E-state index is 0.108. The molecule has 1 saturated heterocycles. The number of hydrogen-bond acceptors (Lipinski definition) is 2. The van der Waals surface area contributed by atoms with E-state index >= 15 is 0 Å². The molecule has 0 N–H and O–H groups in total. The van der Waals surface area contributed by atoms with Crippen molar-refractivity contribution < 1.29 is 9.59 Å². The molecule has 0 bridgehead atoms. The van der Waals surface area contributed by atoms with Gasteiger partial charge in [0, 0.05) is 31.1 Å². The van der Waals surface area contributed by atoms with Gasteiger partial charge in [-0.1, -0.05) is 31.2 Å². The lowest BCUT2D eigenvalue weighted by molar-refractivity contribution is -0.138. The molecule has 1 atom stereocenters. The van der Waals surface area contributed by atoms with Gasteiger partial charge in [-0.2, -0.15) is 0 Å². The van der Waals surface area contributed by atoms with Crippen LogP contribution in [0.15, 0.2) is 24.3 Å². The van der Waals surface area contributed by atoms with Crippen molar-refractivity contribution in [2.75, 3.05) is 13.1 Å². The number of benzene rings is 1. The predicted octanol–water partition coefficient (Wildman–Crippen LogP) is 3.04. The van der Waals surface area contributed by atoms with Gasteiger partial charge in [-0.3, -0.25) is 9.59 Å². The molecule has 0 saturated carbocycles. The molecule has 0 spiro atoms. The summed E-state index contributed by atoms with van der Waals surface area (Å²) in [6.45, 7) is 9.56. The molecule has 1 aliphatic heterocycles. The van der Waals surface area contributed by atoms with E-state index in [0.29, 0.717) is 13.0 Å². The van der Waals surface area contributed by atoms with Crippen molar-refractivity contribution in [3.63, 3.8) is 0 Å². The van der Waals surface area contributed by atoms with Crippen molar-refractivity contribution in [2.24, 2.45) is 5.92 Å². The Balaban J connectivity index is 1.74. The molecule has 1 aliphatic carbocycles. The highest BCUT2D eigenvalue weighted by Gasteiger charge is 2.42. The van der Waals surface area contributed by atoms with Crippen molar-refractivity contribution in [1.29, 1.82) is 0 Å². The third-order valence-corrected chi connectivity index (χ3v) is 5.50. The summed E-state index contributed by atoms with van der Waals surface area (Å²) in [4.78, 5) is 29.5. The standard InChI is InChI=1S/C21H30N2O2/c1-5-10-22(18-11-15-8-6-7-9-16(15)12-18)20(25)17-13-19(24)23(14-17)21(2,3)4/h6-9,17-18H,5,10-14H2,1-4H3/t17-/m0/s1. The Morgan fingerprint density at radius 1 is 1.16 bits per heavy atom. The zero-order valence-corrected chi connectivity index (χ0v) is 15.9. The maximum Gasteiger partial charge on any atom is 0.228 e. The molecule has 1 aromatic rings. The van der Waals surface area contributed by atoms with Crippen LogP contribution in [0.4, 0.5) is 0 Å². The number of likely N-dealkylation sites (tertiary alicyclic amines) is 1. The van der Waals surface area contributed by atoms with Crippen LogP contribution in [-0.2, 0) is 22.4 Å². The fourth-order valence-corrected chi connectivity index (χ4v) is 4.23. The van der Waals surface area contributed by atoms with Gasteiger partial charge >= 0.3 is 0 Å². The highest BCUT2D eigenvalue weighted by molar-refractivity contribution is 5.89. The molecule has 0 unspecified atom stereocenters. The summed E-state index contributed by atoms with van der Waals surface area (Å²) in [5.41, 5.74) is 2.51. The van der Waals surface area contributed by atoms with Crippen molar-refractivity contribution in [2.45, 2.75) is 65.0 Å². The normalized spacial score (nSPS) is 20.9. The van der Waals surface area contributed by atoms with Crippen LogP contribution < -0.4 is 0 Å². The topological polar surface area (TPSA) is 40.6 Å². The lowest BCUT2D eigenvalue weighted by Crippen LogP contribution is -2.46. The van der Waals surface area contributed by atoms with Gasteiger partial charge in [0.25, 0.3) is 0 Å². The highest BCUT2D eigenvalue weighted by atomic mass is 16.2. The maximum atomic E-state index is 13.2. The zero-order valence-electron chi connectivity index (χ0n) is 15.9. The van der Waals surface area contributed by atoms with Gasteiger partial charge in [0.15, 0.2) is 0 Å². The zero-order chi connectivity index (χ0) is 18.2. The van der Waals surface area contributed by atoms with E-state index in [2.05, 4.69) is 36.1 Å². The van der Waals surface area contributed by atoms with Crippen LogP contribution in [0.1, 0.15) is 51.7 Å². The van der Waals surface area contributed by atoms with E-state index in [9.17, 15) is 9.59 Å². The molecule has 0 aromatic heterocycles. The second kappa shape index (κ2) is 6.81. The Morgan fingerprint density at radius 3 is 2.24 bits per heavy atom. The number of amides is 2. The first-order valence-electron chi connectivity index (χ1n) is 9.49. The molecule has 25 heavy (non-hydrogen) atoms. The van der Waals surface area contributed by atoms with Crippen LogP contribution in [0.25, 0.3) is 0 Å². The van der Waals surface area contributed by atoms with E-state index in [-0.39, 0.29) is 29.3 Å². The van der Waals surface area contributed by atoms with E-state index in [1.807, 2.05) is 25.7 Å². The van der Waals surface area contributed by atoms with Crippen molar-refractivity contribution in [1.82, 2.24) is 9.80 Å². The molecule has 0 radical (unpaired) electrons. The van der Waals surface area contributed by atoms with Crippen LogP contribution in [0, 0.1) is 5.92 Å². The second-order valence-electron chi connectivity index (χ2n) is 8.44. The Morgan fingerprint density at radius 2 is 1.76 bits per heavy atom. The maximum absolute atomic E-state index is 13.2. The van der Waals surface area contributed by atoms with Crippen LogP contribution in [0.3, 0.4) is 0 Å². The largest absolute Gasteiger partial charge is 0.339 e. The van der Waals surface area contributed by atoms with Crippen molar-refractivity contribution in [3.8, 4) is 0 Å². The van der Waals surface area contributed by atoms with E-state index in [0.717, 1.165) is 25.8 Å². The number of carbonyl (C=O) groups excluding carboxylic acids is 2. The average Bonchev–Trinajstić information content (AvgIpc) is 3.14. The molecular formula is C21H30N2O2. The first kappa shape index (κ1) is 18.0. The number of fused-ring (bicyclic) bond motifs is 1. The SMILES string of the molecule is CCCN(C(=O)[C@H]1CC(=O)N(C(C)(C)C)C1)C1Cc2ccccc2C1. The summed E-state index contributed by atoms with van der Waals surface area (Å²) in [6, 6.07) is 8.73. The van der Waals surface area contributed by atoms with Crippen molar-refractivity contribution in [3.05, 3.63) is 35.4 Å². The molecular weight excluding hydrogens is 312 g/mol. The Kier molecular flexibility index (Phi) is 4.90. The van der Waals surface area contributed by atoms with Crippen LogP contribution in [0.5, 0.6) is 0 Å². The summed E-state index contributed by atoms with van der Waals surface area (Å²) in [7, 11) is 0. The Labute approximate surface area is 151 Å². The van der Waals surface area contributed by atoms with Gasteiger partial charge in [0.2, 0.25) is 11.8 Å². The first-order chi connectivity index (χ1) is 11.8. The van der Waals surface area contributed by atoms with Gasteiger partial charge < -0.3 is 9.80 Å². The van der Waals surface area contributed by atoms with Crippen LogP contribution in [0.2, 0.25) is 0 Å². The molecule has 1 heterocycles. The monoisotopic (exact) mass is 342 g/mol. The lowest BCUT2D eigenvalue weighted by Gasteiger charge is -2.33. The quantitative estimate of drug-likeness (QED) is 0.844. The lowest BCUT2D eigenvalue weighted by atomic mass is 10.0. The van der Waals surface area contributed by atoms with E-state index in [4.69, 9.17) is 0 Å². The second-order valence-corrected chi connectivity index (χ2v) is 8.44. The first-order valence-corrected chi connectivity index (χ1v) is 9.49. The third-order valence-electron chi connectivity index (χ3n) is 5.50. The number of rotatable bonds is 4. The number of nitrogens with zero attached hydrogens (tertiary/aromatic N) is 2. The molecule has 2 aliphatic rings. The van der Waals surface area contributed by atoms with Crippen LogP contribution >= 0.6 is 0 Å². The van der Waals surface area contributed by atoms with Gasteiger partial charge in [-0.15, -0.1) is 0 Å². The molecule has 3 rings (SSSR count). The average molecular weight is 342 g/mol. The third kappa shape index (κ3) is 3.58. The Bertz CT molecular complexity index is 637. The van der Waals surface area contributed by atoms with E-state index < -0.39 is 0 Å². The van der Waals surface area contributed by atoms with Gasteiger partial charge in [0.05, 0.1) is 5.92 Å². The smallest absolute Gasteiger partial charge is 0.228 e. The minimum Gasteiger partial charge on any atom is -0.339 e.